The number of nitrogens with one attached hydrogen (secondary N) is 1. The Morgan fingerprint density at radius 3 is 2.78 bits per heavy atom. The molecule has 27 heavy (non-hydrogen) atoms. The minimum atomic E-state index is 0.175. The van der Waals surface area contributed by atoms with Gasteiger partial charge in [0.25, 0.3) is 0 Å². The van der Waals surface area contributed by atoms with E-state index in [-0.39, 0.29) is 5.91 Å². The zero-order chi connectivity index (χ0) is 19.1. The highest BCUT2D eigenvalue weighted by Crippen LogP contribution is 2.26. The molecule has 10 heteroatoms. The summed E-state index contributed by atoms with van der Waals surface area (Å²) in [6, 6.07) is 4.02. The van der Waals surface area contributed by atoms with Gasteiger partial charge >= 0.3 is 0 Å². The van der Waals surface area contributed by atoms with Crippen molar-refractivity contribution in [2.45, 2.75) is 30.6 Å². The number of piperazine rings is 1. The summed E-state index contributed by atoms with van der Waals surface area (Å²) in [6.07, 6.45) is 2.27. The fraction of sp³-hybridized carbons (Fsp3) is 0.588. The van der Waals surface area contributed by atoms with Gasteiger partial charge in [-0.25, -0.2) is 0 Å². The minimum Gasteiger partial charge on any atom is -0.360 e. The maximum atomic E-state index is 12.5. The second kappa shape index (κ2) is 10.6. The standard InChI is InChI=1S/C17H24ClN5OS3/c1-2-3-6-19-16-20-21-17(27-16)25-12-15(24)23-9-7-22(8-10-23)11-13-4-5-14(18)26-13/h4-5H,2-3,6-12H2,1H3,(H,19,20). The summed E-state index contributed by atoms with van der Waals surface area (Å²) in [5, 5.41) is 12.4. The number of unbranched alkanes of at least 4 members (excludes halogenated alkanes) is 1. The topological polar surface area (TPSA) is 61.4 Å². The number of anilines is 1. The van der Waals surface area contributed by atoms with E-state index in [0.29, 0.717) is 5.75 Å². The van der Waals surface area contributed by atoms with Crippen LogP contribution in [0.3, 0.4) is 0 Å². The highest BCUT2D eigenvalue weighted by molar-refractivity contribution is 8.01. The van der Waals surface area contributed by atoms with Crippen LogP contribution in [0.5, 0.6) is 0 Å². The van der Waals surface area contributed by atoms with Crippen LogP contribution in [0.25, 0.3) is 0 Å². The molecule has 1 aliphatic heterocycles. The van der Waals surface area contributed by atoms with Crippen LogP contribution in [-0.4, -0.2) is 64.4 Å². The summed E-state index contributed by atoms with van der Waals surface area (Å²) >= 11 is 10.6. The Labute approximate surface area is 177 Å². The van der Waals surface area contributed by atoms with Crippen LogP contribution >= 0.6 is 46.0 Å². The largest absolute Gasteiger partial charge is 0.360 e. The lowest BCUT2D eigenvalue weighted by Gasteiger charge is -2.34. The van der Waals surface area contributed by atoms with Crippen molar-refractivity contribution in [2.24, 2.45) is 0 Å². The Bertz CT molecular complexity index is 730. The lowest BCUT2D eigenvalue weighted by Crippen LogP contribution is -2.48. The van der Waals surface area contributed by atoms with Crippen molar-refractivity contribution in [1.29, 1.82) is 0 Å². The summed E-state index contributed by atoms with van der Waals surface area (Å²) in [5.41, 5.74) is 0. The first-order valence-electron chi connectivity index (χ1n) is 9.08. The maximum Gasteiger partial charge on any atom is 0.233 e. The molecule has 0 spiro atoms. The van der Waals surface area contributed by atoms with Gasteiger partial charge in [-0.2, -0.15) is 0 Å². The molecule has 0 bridgehead atoms. The predicted molar refractivity (Wildman–Crippen MR) is 115 cm³/mol. The van der Waals surface area contributed by atoms with E-state index in [2.05, 4.69) is 33.4 Å². The number of hydrogen-bond donors (Lipinski definition) is 1. The molecule has 2 aromatic rings. The molecule has 0 unspecified atom stereocenters. The first-order chi connectivity index (χ1) is 13.1. The maximum absolute atomic E-state index is 12.5. The highest BCUT2D eigenvalue weighted by atomic mass is 35.5. The molecule has 2 aromatic heterocycles. The third kappa shape index (κ3) is 6.60. The third-order valence-electron chi connectivity index (χ3n) is 4.27. The van der Waals surface area contributed by atoms with E-state index in [1.54, 1.807) is 11.3 Å². The van der Waals surface area contributed by atoms with Gasteiger partial charge in [-0.15, -0.1) is 21.5 Å². The van der Waals surface area contributed by atoms with Crippen LogP contribution in [-0.2, 0) is 11.3 Å². The number of carbonyl (C=O) groups excluding carboxylic acids is 1. The fourth-order valence-corrected chi connectivity index (χ4v) is 5.55. The molecule has 3 heterocycles. The monoisotopic (exact) mass is 445 g/mol. The SMILES string of the molecule is CCCCNc1nnc(SCC(=O)N2CCN(Cc3ccc(Cl)s3)CC2)s1. The summed E-state index contributed by atoms with van der Waals surface area (Å²) in [5.74, 6) is 0.596. The van der Waals surface area contributed by atoms with Gasteiger partial charge in [0.1, 0.15) is 0 Å². The molecule has 1 aliphatic rings. The van der Waals surface area contributed by atoms with Crippen LogP contribution in [0.15, 0.2) is 16.5 Å². The van der Waals surface area contributed by atoms with Crippen molar-refractivity contribution in [3.63, 3.8) is 0 Å². The van der Waals surface area contributed by atoms with Crippen LogP contribution in [0, 0.1) is 0 Å². The Hall–Kier alpha value is -0.870. The number of hydrogen-bond acceptors (Lipinski definition) is 8. The zero-order valence-corrected chi connectivity index (χ0v) is 18.5. The van der Waals surface area contributed by atoms with Crippen LogP contribution in [0.1, 0.15) is 24.6 Å². The first kappa shape index (κ1) is 20.9. The number of rotatable bonds is 9. The fourth-order valence-electron chi connectivity index (χ4n) is 2.74. The number of aromatic nitrogens is 2. The van der Waals surface area contributed by atoms with E-state index in [1.807, 2.05) is 11.0 Å². The summed E-state index contributed by atoms with van der Waals surface area (Å²) < 4.78 is 1.67. The number of nitrogens with zero attached hydrogens (tertiary/aromatic N) is 4. The smallest absolute Gasteiger partial charge is 0.233 e. The molecule has 0 aromatic carbocycles. The van der Waals surface area contributed by atoms with E-state index in [0.717, 1.165) is 65.9 Å². The van der Waals surface area contributed by atoms with Crippen molar-refractivity contribution in [2.75, 3.05) is 43.8 Å². The van der Waals surface area contributed by atoms with Crippen molar-refractivity contribution >= 4 is 57.1 Å². The predicted octanol–water partition coefficient (Wildman–Crippen LogP) is 3.90. The van der Waals surface area contributed by atoms with Crippen molar-refractivity contribution < 1.29 is 4.79 Å². The van der Waals surface area contributed by atoms with Gasteiger partial charge in [0.05, 0.1) is 10.1 Å². The van der Waals surface area contributed by atoms with Gasteiger partial charge in [-0.3, -0.25) is 9.69 Å². The normalized spacial score (nSPS) is 15.3. The summed E-state index contributed by atoms with van der Waals surface area (Å²) in [4.78, 5) is 18.1. The molecule has 148 valence electrons. The number of thioether (sulfide) groups is 1. The molecular formula is C17H24ClN5OS3. The van der Waals surface area contributed by atoms with Gasteiger partial charge in [0.15, 0.2) is 4.34 Å². The lowest BCUT2D eigenvalue weighted by molar-refractivity contribution is -0.130. The molecule has 1 saturated heterocycles. The molecule has 1 N–H and O–H groups in total. The van der Waals surface area contributed by atoms with Gasteiger partial charge < -0.3 is 10.2 Å². The Morgan fingerprint density at radius 2 is 2.07 bits per heavy atom. The van der Waals surface area contributed by atoms with E-state index in [9.17, 15) is 4.79 Å². The van der Waals surface area contributed by atoms with Gasteiger partial charge in [-0.1, -0.05) is 48.0 Å². The molecule has 0 saturated carbocycles. The van der Waals surface area contributed by atoms with Crippen LogP contribution in [0.4, 0.5) is 5.13 Å². The van der Waals surface area contributed by atoms with Gasteiger partial charge in [0, 0.05) is 44.1 Å². The quantitative estimate of drug-likeness (QED) is 0.466. The van der Waals surface area contributed by atoms with Gasteiger partial charge in [-0.05, 0) is 18.6 Å². The number of amides is 1. The minimum absolute atomic E-state index is 0.175. The van der Waals surface area contributed by atoms with Crippen LogP contribution in [0.2, 0.25) is 4.34 Å². The van der Waals surface area contributed by atoms with Crippen molar-refractivity contribution in [3.05, 3.63) is 21.3 Å². The number of halogens is 1. The average molecular weight is 446 g/mol. The molecule has 1 fully saturated rings. The average Bonchev–Trinajstić information content (AvgIpc) is 3.29. The summed E-state index contributed by atoms with van der Waals surface area (Å²) in [7, 11) is 0. The zero-order valence-electron chi connectivity index (χ0n) is 15.3. The van der Waals surface area contributed by atoms with Crippen LogP contribution < -0.4 is 5.32 Å². The third-order valence-corrected chi connectivity index (χ3v) is 7.48. The van der Waals surface area contributed by atoms with E-state index >= 15 is 0 Å². The number of thiophene rings is 1. The Kier molecular flexibility index (Phi) is 8.20. The first-order valence-corrected chi connectivity index (χ1v) is 12.1. The molecule has 0 aliphatic carbocycles. The lowest BCUT2D eigenvalue weighted by atomic mass is 10.3. The van der Waals surface area contributed by atoms with E-state index in [1.165, 1.54) is 28.0 Å². The molecule has 1 amide bonds. The van der Waals surface area contributed by atoms with E-state index in [4.69, 9.17) is 11.6 Å². The van der Waals surface area contributed by atoms with Crippen molar-refractivity contribution in [1.82, 2.24) is 20.0 Å². The summed E-state index contributed by atoms with van der Waals surface area (Å²) in [6.45, 7) is 7.33. The molecule has 0 radical (unpaired) electrons. The van der Waals surface area contributed by atoms with E-state index < -0.39 is 0 Å². The van der Waals surface area contributed by atoms with Crippen molar-refractivity contribution in [3.8, 4) is 0 Å². The van der Waals surface area contributed by atoms with Gasteiger partial charge in [0.2, 0.25) is 11.0 Å². The molecule has 0 atom stereocenters. The molecule has 3 rings (SSSR count). The second-order valence-corrected chi connectivity index (χ2v) is 10.3. The number of carbonyl (C=O) groups is 1. The Balaban J connectivity index is 1.37. The molecule has 6 nitrogen and oxygen atoms in total. The highest BCUT2D eigenvalue weighted by Gasteiger charge is 2.22. The second-order valence-electron chi connectivity index (χ2n) is 6.30. The molecular weight excluding hydrogens is 422 g/mol. The Morgan fingerprint density at radius 1 is 1.26 bits per heavy atom.